The summed E-state index contributed by atoms with van der Waals surface area (Å²) < 4.78 is 4.70. The van der Waals surface area contributed by atoms with Crippen LogP contribution in [0.15, 0.2) is 0 Å². The van der Waals surface area contributed by atoms with Crippen LogP contribution < -0.4 is 11.1 Å². The number of nitrogens with two attached hydrogens (primary N) is 1. The number of carbonyl (C=O) groups excluding carboxylic acids is 1. The summed E-state index contributed by atoms with van der Waals surface area (Å²) in [5, 5.41) is 22.0. The summed E-state index contributed by atoms with van der Waals surface area (Å²) >= 11 is 0. The van der Waals surface area contributed by atoms with Crippen molar-refractivity contribution in [2.75, 3.05) is 0 Å². The summed E-state index contributed by atoms with van der Waals surface area (Å²) in [7, 11) is 0. The van der Waals surface area contributed by atoms with Crippen molar-refractivity contribution >= 4 is 12.1 Å². The van der Waals surface area contributed by atoms with Crippen molar-refractivity contribution in [3.05, 3.63) is 0 Å². The highest BCUT2D eigenvalue weighted by Gasteiger charge is 2.48. The molecule has 0 heterocycles. The number of carboxylic acid groups (broad SMARTS) is 1. The van der Waals surface area contributed by atoms with Crippen LogP contribution in [0, 0.1) is 11.8 Å². The molecule has 0 aromatic rings. The molecule has 122 valence electrons. The third kappa shape index (κ3) is 4.31. The number of ether oxygens (including phenoxy) is 1. The van der Waals surface area contributed by atoms with Crippen molar-refractivity contribution in [1.29, 1.82) is 0 Å². The fourth-order valence-corrected chi connectivity index (χ4v) is 3.35. The SMILES string of the molecule is CCC(CC)[C@H](NC(C)=O)[C@@H]1[C@H](O)[C@@H](OC(=O)O)C[C@H]1N. The molecular formula is C14H26N2O5. The Morgan fingerprint density at radius 3 is 2.38 bits per heavy atom. The van der Waals surface area contributed by atoms with Gasteiger partial charge in [0, 0.05) is 31.3 Å². The highest BCUT2D eigenvalue weighted by Crippen LogP contribution is 2.34. The molecule has 1 aliphatic carbocycles. The number of aliphatic hydroxyl groups excluding tert-OH is 1. The van der Waals surface area contributed by atoms with Gasteiger partial charge < -0.3 is 26.0 Å². The maximum Gasteiger partial charge on any atom is 0.506 e. The number of hydrogen-bond acceptors (Lipinski definition) is 5. The Hall–Kier alpha value is -1.34. The summed E-state index contributed by atoms with van der Waals surface area (Å²) in [6.45, 7) is 5.45. The predicted molar refractivity (Wildman–Crippen MR) is 76.7 cm³/mol. The van der Waals surface area contributed by atoms with Gasteiger partial charge >= 0.3 is 6.16 Å². The van der Waals surface area contributed by atoms with E-state index < -0.39 is 30.3 Å². The Bertz CT molecular complexity index is 372. The minimum Gasteiger partial charge on any atom is -0.450 e. The minimum atomic E-state index is -1.43. The second-order valence-corrected chi connectivity index (χ2v) is 5.69. The zero-order valence-electron chi connectivity index (χ0n) is 12.8. The van der Waals surface area contributed by atoms with Crippen LogP contribution in [0.3, 0.4) is 0 Å². The topological polar surface area (TPSA) is 122 Å². The maximum atomic E-state index is 11.5. The van der Waals surface area contributed by atoms with E-state index in [1.54, 1.807) is 0 Å². The summed E-state index contributed by atoms with van der Waals surface area (Å²) in [5.74, 6) is -0.430. The van der Waals surface area contributed by atoms with E-state index in [1.807, 2.05) is 13.8 Å². The number of carbonyl (C=O) groups is 2. The molecule has 0 aromatic heterocycles. The fourth-order valence-electron chi connectivity index (χ4n) is 3.35. The van der Waals surface area contributed by atoms with Crippen LogP contribution in [0.2, 0.25) is 0 Å². The monoisotopic (exact) mass is 302 g/mol. The van der Waals surface area contributed by atoms with E-state index in [2.05, 4.69) is 5.32 Å². The first-order valence-electron chi connectivity index (χ1n) is 7.42. The lowest BCUT2D eigenvalue weighted by Gasteiger charge is -2.35. The van der Waals surface area contributed by atoms with E-state index in [0.29, 0.717) is 0 Å². The average molecular weight is 302 g/mol. The molecule has 21 heavy (non-hydrogen) atoms. The molecule has 7 nitrogen and oxygen atoms in total. The van der Waals surface area contributed by atoms with Crippen LogP contribution in [0.4, 0.5) is 4.79 Å². The molecule has 0 aliphatic heterocycles. The molecule has 1 saturated carbocycles. The highest BCUT2D eigenvalue weighted by molar-refractivity contribution is 5.73. The average Bonchev–Trinajstić information content (AvgIpc) is 2.63. The van der Waals surface area contributed by atoms with Crippen LogP contribution in [-0.4, -0.2) is 46.6 Å². The lowest BCUT2D eigenvalue weighted by molar-refractivity contribution is -0.121. The number of hydrogen-bond donors (Lipinski definition) is 4. The number of amides is 1. The molecular weight excluding hydrogens is 276 g/mol. The van der Waals surface area contributed by atoms with Crippen LogP contribution >= 0.6 is 0 Å². The van der Waals surface area contributed by atoms with E-state index in [0.717, 1.165) is 12.8 Å². The molecule has 0 saturated heterocycles. The Morgan fingerprint density at radius 1 is 1.38 bits per heavy atom. The molecule has 5 atom stereocenters. The van der Waals surface area contributed by atoms with Gasteiger partial charge in [0.25, 0.3) is 0 Å². The van der Waals surface area contributed by atoms with E-state index in [1.165, 1.54) is 6.92 Å². The van der Waals surface area contributed by atoms with Crippen molar-refractivity contribution < 1.29 is 24.5 Å². The quantitative estimate of drug-likeness (QED) is 0.536. The molecule has 0 aromatic carbocycles. The molecule has 7 heteroatoms. The van der Waals surface area contributed by atoms with Crippen LogP contribution in [0.1, 0.15) is 40.0 Å². The summed E-state index contributed by atoms with van der Waals surface area (Å²) in [4.78, 5) is 22.1. The lowest BCUT2D eigenvalue weighted by atomic mass is 9.81. The van der Waals surface area contributed by atoms with E-state index in [4.69, 9.17) is 15.6 Å². The molecule has 1 amide bonds. The smallest absolute Gasteiger partial charge is 0.450 e. The minimum absolute atomic E-state index is 0.170. The maximum absolute atomic E-state index is 11.5. The Labute approximate surface area is 124 Å². The molecule has 1 rings (SSSR count). The Balaban J connectivity index is 2.94. The van der Waals surface area contributed by atoms with Gasteiger partial charge in [-0.05, 0) is 5.92 Å². The van der Waals surface area contributed by atoms with Crippen LogP contribution in [-0.2, 0) is 9.53 Å². The van der Waals surface area contributed by atoms with E-state index in [9.17, 15) is 14.7 Å². The van der Waals surface area contributed by atoms with E-state index >= 15 is 0 Å². The Morgan fingerprint density at radius 2 is 1.95 bits per heavy atom. The first kappa shape index (κ1) is 17.7. The first-order valence-corrected chi connectivity index (χ1v) is 7.42. The van der Waals surface area contributed by atoms with Crippen LogP contribution in [0.5, 0.6) is 0 Å². The van der Waals surface area contributed by atoms with E-state index in [-0.39, 0.29) is 24.3 Å². The van der Waals surface area contributed by atoms with Crippen molar-refractivity contribution in [1.82, 2.24) is 5.32 Å². The van der Waals surface area contributed by atoms with Crippen molar-refractivity contribution in [3.63, 3.8) is 0 Å². The van der Waals surface area contributed by atoms with Gasteiger partial charge in [-0.1, -0.05) is 26.7 Å². The van der Waals surface area contributed by atoms with Crippen molar-refractivity contribution in [2.45, 2.75) is 64.3 Å². The zero-order valence-corrected chi connectivity index (χ0v) is 12.8. The fraction of sp³-hybridized carbons (Fsp3) is 0.857. The summed E-state index contributed by atoms with van der Waals surface area (Å²) in [6, 6.07) is -0.702. The van der Waals surface area contributed by atoms with Gasteiger partial charge in [-0.15, -0.1) is 0 Å². The second kappa shape index (κ2) is 7.61. The first-order chi connectivity index (χ1) is 9.81. The molecule has 0 radical (unpaired) electrons. The molecule has 0 bridgehead atoms. The summed E-state index contributed by atoms with van der Waals surface area (Å²) in [6.07, 6.45) is -1.34. The molecule has 5 N–H and O–H groups in total. The number of rotatable bonds is 6. The van der Waals surface area contributed by atoms with Gasteiger partial charge in [0.05, 0.1) is 6.10 Å². The predicted octanol–water partition coefficient (Wildman–Crippen LogP) is 0.699. The summed E-state index contributed by atoms with van der Waals surface area (Å²) in [5.41, 5.74) is 6.08. The normalized spacial score (nSPS) is 30.2. The molecule has 1 aliphatic rings. The van der Waals surface area contributed by atoms with Gasteiger partial charge in [0.15, 0.2) is 0 Å². The van der Waals surface area contributed by atoms with Gasteiger partial charge in [0.1, 0.15) is 6.10 Å². The van der Waals surface area contributed by atoms with Crippen LogP contribution in [0.25, 0.3) is 0 Å². The molecule has 0 spiro atoms. The third-order valence-electron chi connectivity index (χ3n) is 4.37. The zero-order chi connectivity index (χ0) is 16.2. The standard InChI is InChI=1S/C14H26N2O5/c1-4-8(5-2)12(16-7(3)17)11-9(15)6-10(13(11)18)21-14(19)20/h8-13,18H,4-6,15H2,1-3H3,(H,16,17)(H,19,20)/t9-,10+,11-,12+,13-/m1/s1. The third-order valence-corrected chi connectivity index (χ3v) is 4.37. The highest BCUT2D eigenvalue weighted by atomic mass is 16.7. The van der Waals surface area contributed by atoms with Gasteiger partial charge in [0.2, 0.25) is 5.91 Å². The number of aliphatic hydroxyl groups is 1. The molecule has 1 fully saturated rings. The lowest BCUT2D eigenvalue weighted by Crippen LogP contribution is -2.52. The molecule has 0 unspecified atom stereocenters. The van der Waals surface area contributed by atoms with Gasteiger partial charge in [-0.3, -0.25) is 4.79 Å². The van der Waals surface area contributed by atoms with Gasteiger partial charge in [-0.2, -0.15) is 0 Å². The van der Waals surface area contributed by atoms with Crippen molar-refractivity contribution in [3.8, 4) is 0 Å². The largest absolute Gasteiger partial charge is 0.506 e. The second-order valence-electron chi connectivity index (χ2n) is 5.69. The Kier molecular flexibility index (Phi) is 6.42. The number of nitrogens with one attached hydrogen (secondary N) is 1. The van der Waals surface area contributed by atoms with Gasteiger partial charge in [-0.25, -0.2) is 4.79 Å². The van der Waals surface area contributed by atoms with Crippen molar-refractivity contribution in [2.24, 2.45) is 17.6 Å².